The quantitative estimate of drug-likeness (QED) is 0.423. The van der Waals surface area contributed by atoms with Crippen molar-refractivity contribution in [3.05, 3.63) is 57.8 Å². The van der Waals surface area contributed by atoms with Crippen LogP contribution in [0.5, 0.6) is 0 Å². The van der Waals surface area contributed by atoms with Gasteiger partial charge in [0.2, 0.25) is 5.91 Å². The van der Waals surface area contributed by atoms with E-state index in [0.29, 0.717) is 43.3 Å². The van der Waals surface area contributed by atoms with E-state index in [1.54, 1.807) is 11.8 Å². The lowest BCUT2D eigenvalue weighted by molar-refractivity contribution is -0.151. The predicted octanol–water partition coefficient (Wildman–Crippen LogP) is 5.14. The third kappa shape index (κ3) is 5.67. The molecule has 204 valence electrons. The molecule has 2 atom stereocenters. The number of benzene rings is 1. The summed E-state index contributed by atoms with van der Waals surface area (Å²) < 4.78 is 10.4. The first-order chi connectivity index (χ1) is 18.3. The molecule has 1 amide bonds. The highest BCUT2D eigenvalue weighted by molar-refractivity contribution is 8.16. The minimum Gasteiger partial charge on any atom is -0.466 e. The number of likely N-dealkylation sites (tertiary alicyclic amines) is 1. The Balaban J connectivity index is 1.63. The minimum atomic E-state index is -0.450. The normalized spacial score (nSPS) is 21.2. The number of hydrogen-bond acceptors (Lipinski definition) is 8. The van der Waals surface area contributed by atoms with Crippen LogP contribution in [0, 0.1) is 5.92 Å². The van der Waals surface area contributed by atoms with Gasteiger partial charge in [-0.3, -0.25) is 9.59 Å². The highest BCUT2D eigenvalue weighted by Crippen LogP contribution is 2.45. The smallest absolute Gasteiger partial charge is 0.338 e. The molecule has 38 heavy (non-hydrogen) atoms. The van der Waals surface area contributed by atoms with E-state index >= 15 is 0 Å². The van der Waals surface area contributed by atoms with Gasteiger partial charge in [0.25, 0.3) is 0 Å². The monoisotopic (exact) mass is 539 g/mol. The SMILES string of the molecule is CCOC(=O)[C@H]1CCCN(C(=O)CC2=CSC3=NC(CC)=C(C(=O)OC)[C@@H](c4ccc(C(C)C)cc4)N23)C1. The zero-order valence-electron chi connectivity index (χ0n) is 22.9. The molecule has 0 aliphatic carbocycles. The Morgan fingerprint density at radius 2 is 1.89 bits per heavy atom. The number of esters is 2. The average molecular weight is 540 g/mol. The van der Waals surface area contributed by atoms with Crippen LogP contribution in [0.15, 0.2) is 51.6 Å². The number of thioether (sulfide) groups is 1. The summed E-state index contributed by atoms with van der Waals surface area (Å²) in [5.41, 5.74) is 4.13. The van der Waals surface area contributed by atoms with Gasteiger partial charge in [0.05, 0.1) is 43.4 Å². The van der Waals surface area contributed by atoms with Crippen LogP contribution in [-0.2, 0) is 23.9 Å². The first kappa shape index (κ1) is 28.0. The third-order valence-corrected chi connectivity index (χ3v) is 8.16. The van der Waals surface area contributed by atoms with Crippen molar-refractivity contribution in [3.63, 3.8) is 0 Å². The Labute approximate surface area is 229 Å². The molecule has 1 saturated heterocycles. The van der Waals surface area contributed by atoms with Crippen molar-refractivity contribution in [1.29, 1.82) is 0 Å². The molecule has 0 spiro atoms. The van der Waals surface area contributed by atoms with Gasteiger partial charge in [-0.05, 0) is 48.6 Å². The average Bonchev–Trinajstić information content (AvgIpc) is 3.33. The van der Waals surface area contributed by atoms with Crippen LogP contribution in [0.1, 0.15) is 76.5 Å². The molecule has 0 N–H and O–H groups in total. The number of methoxy groups -OCH3 is 1. The van der Waals surface area contributed by atoms with Gasteiger partial charge < -0.3 is 19.3 Å². The van der Waals surface area contributed by atoms with E-state index in [4.69, 9.17) is 14.5 Å². The molecule has 0 saturated carbocycles. The number of amidine groups is 1. The molecule has 0 unspecified atom stereocenters. The molecular weight excluding hydrogens is 502 g/mol. The lowest BCUT2D eigenvalue weighted by Gasteiger charge is -2.37. The van der Waals surface area contributed by atoms with E-state index in [9.17, 15) is 14.4 Å². The zero-order chi connectivity index (χ0) is 27.4. The molecule has 4 rings (SSSR count). The van der Waals surface area contributed by atoms with Crippen molar-refractivity contribution in [1.82, 2.24) is 9.80 Å². The maximum atomic E-state index is 13.5. The Morgan fingerprint density at radius 3 is 2.53 bits per heavy atom. The van der Waals surface area contributed by atoms with Gasteiger partial charge in [0.1, 0.15) is 0 Å². The largest absolute Gasteiger partial charge is 0.466 e. The molecule has 3 heterocycles. The lowest BCUT2D eigenvalue weighted by Crippen LogP contribution is -2.44. The molecule has 8 nitrogen and oxygen atoms in total. The number of hydrogen-bond donors (Lipinski definition) is 0. The van der Waals surface area contributed by atoms with Gasteiger partial charge in [0.15, 0.2) is 5.17 Å². The predicted molar refractivity (Wildman–Crippen MR) is 148 cm³/mol. The second-order valence-electron chi connectivity index (χ2n) is 10.0. The maximum absolute atomic E-state index is 13.5. The van der Waals surface area contributed by atoms with E-state index in [2.05, 4.69) is 38.1 Å². The van der Waals surface area contributed by atoms with Gasteiger partial charge in [0, 0.05) is 18.8 Å². The summed E-state index contributed by atoms with van der Waals surface area (Å²) in [4.78, 5) is 47.4. The van der Waals surface area contributed by atoms with Gasteiger partial charge in [-0.2, -0.15) is 0 Å². The Hall–Kier alpha value is -3.07. The van der Waals surface area contributed by atoms with Crippen LogP contribution in [0.4, 0.5) is 0 Å². The first-order valence-electron chi connectivity index (χ1n) is 13.4. The first-order valence-corrected chi connectivity index (χ1v) is 14.3. The highest BCUT2D eigenvalue weighted by Gasteiger charge is 2.42. The van der Waals surface area contributed by atoms with E-state index in [-0.39, 0.29) is 24.2 Å². The summed E-state index contributed by atoms with van der Waals surface area (Å²) in [6.07, 6.45) is 2.23. The maximum Gasteiger partial charge on any atom is 0.338 e. The molecule has 9 heteroatoms. The van der Waals surface area contributed by atoms with Crippen molar-refractivity contribution in [3.8, 4) is 0 Å². The van der Waals surface area contributed by atoms with Gasteiger partial charge in [-0.25, -0.2) is 9.79 Å². The number of piperidine rings is 1. The van der Waals surface area contributed by atoms with E-state index < -0.39 is 12.0 Å². The number of amides is 1. The summed E-state index contributed by atoms with van der Waals surface area (Å²) in [6, 6.07) is 7.83. The topological polar surface area (TPSA) is 88.5 Å². The Morgan fingerprint density at radius 1 is 1.16 bits per heavy atom. The molecule has 0 aromatic heterocycles. The Kier molecular flexibility index (Phi) is 8.97. The van der Waals surface area contributed by atoms with Gasteiger partial charge in [-0.15, -0.1) is 0 Å². The number of carbonyl (C=O) groups is 3. The van der Waals surface area contributed by atoms with Crippen LogP contribution >= 0.6 is 11.8 Å². The Bertz CT molecular complexity index is 1170. The molecule has 1 aromatic carbocycles. The fourth-order valence-electron chi connectivity index (χ4n) is 5.21. The summed E-state index contributed by atoms with van der Waals surface area (Å²) in [7, 11) is 1.39. The van der Waals surface area contributed by atoms with Crippen molar-refractivity contribution in [2.24, 2.45) is 10.9 Å². The van der Waals surface area contributed by atoms with Crippen molar-refractivity contribution in [2.45, 2.75) is 65.3 Å². The minimum absolute atomic E-state index is 0.0501. The van der Waals surface area contributed by atoms with Crippen LogP contribution in [-0.4, -0.2) is 59.6 Å². The van der Waals surface area contributed by atoms with Crippen LogP contribution in [0.25, 0.3) is 0 Å². The fraction of sp³-hybridized carbons (Fsp3) is 0.517. The number of allylic oxidation sites excluding steroid dienone is 1. The molecule has 3 aliphatic heterocycles. The van der Waals surface area contributed by atoms with Crippen LogP contribution in [0.3, 0.4) is 0 Å². The van der Waals surface area contributed by atoms with Crippen molar-refractivity contribution >= 4 is 34.8 Å². The molecule has 3 aliphatic rings. The molecule has 0 bridgehead atoms. The number of aliphatic imine (C=N–C) groups is 1. The fourth-order valence-corrected chi connectivity index (χ4v) is 6.15. The number of fused-ring (bicyclic) bond motifs is 1. The number of nitrogens with zero attached hydrogens (tertiary/aromatic N) is 3. The summed E-state index contributed by atoms with van der Waals surface area (Å²) >= 11 is 1.46. The molecule has 0 radical (unpaired) electrons. The van der Waals surface area contributed by atoms with Crippen LogP contribution in [0.2, 0.25) is 0 Å². The third-order valence-electron chi connectivity index (χ3n) is 7.27. The van der Waals surface area contributed by atoms with E-state index in [1.165, 1.54) is 24.4 Å². The summed E-state index contributed by atoms with van der Waals surface area (Å²) in [6.45, 7) is 9.37. The molecule has 1 fully saturated rings. The number of carbonyl (C=O) groups excluding carboxylic acids is 3. The van der Waals surface area contributed by atoms with Gasteiger partial charge in [-0.1, -0.05) is 56.8 Å². The van der Waals surface area contributed by atoms with E-state index in [1.807, 2.05) is 17.2 Å². The van der Waals surface area contributed by atoms with E-state index in [0.717, 1.165) is 29.3 Å². The molecular formula is C29H37N3O5S. The van der Waals surface area contributed by atoms with Crippen molar-refractivity contribution < 1.29 is 23.9 Å². The summed E-state index contributed by atoms with van der Waals surface area (Å²) in [5, 5.41) is 2.70. The van der Waals surface area contributed by atoms with Gasteiger partial charge >= 0.3 is 11.9 Å². The zero-order valence-corrected chi connectivity index (χ0v) is 23.7. The standard InChI is InChI=1S/C29H37N3O5S/c1-6-23-25(28(35)36-5)26(20-12-10-19(11-13-20)18(3)4)32-22(17-38-29(32)30-23)15-24(33)31-14-8-9-21(16-31)27(34)37-7-2/h10-13,17-18,21,26H,6-9,14-16H2,1-5H3/t21-,26+/m0/s1. The second kappa shape index (κ2) is 12.2. The van der Waals surface area contributed by atoms with Crippen LogP contribution < -0.4 is 0 Å². The summed E-state index contributed by atoms with van der Waals surface area (Å²) in [5.74, 6) is -0.618. The number of rotatable bonds is 8. The second-order valence-corrected chi connectivity index (χ2v) is 10.9. The highest BCUT2D eigenvalue weighted by atomic mass is 32.2. The van der Waals surface area contributed by atoms with Crippen molar-refractivity contribution in [2.75, 3.05) is 26.8 Å². The number of ether oxygens (including phenoxy) is 2. The lowest BCUT2D eigenvalue weighted by atomic mass is 9.91. The molecule has 1 aromatic rings.